The van der Waals surface area contributed by atoms with Crippen LogP contribution in [0.15, 0.2) is 18.2 Å². The molecular weight excluding hydrogens is 254 g/mol. The predicted octanol–water partition coefficient (Wildman–Crippen LogP) is 1.41. The van der Waals surface area contributed by atoms with Crippen molar-refractivity contribution in [1.82, 2.24) is 15.2 Å². The molecule has 2 heterocycles. The van der Waals surface area contributed by atoms with Crippen LogP contribution < -0.4 is 5.32 Å². The average Bonchev–Trinajstić information content (AvgIpc) is 2.41. The molecule has 2 amide bonds. The van der Waals surface area contributed by atoms with Gasteiger partial charge in [0.15, 0.2) is 0 Å². The summed E-state index contributed by atoms with van der Waals surface area (Å²) in [5.74, 6) is -0.156. The SMILES string of the molecule is CCC1(C)C(=O)NC(C)C(=O)N1Cc1cccc(C)n1. The van der Waals surface area contributed by atoms with Crippen LogP contribution in [0.3, 0.4) is 0 Å². The number of aryl methyl sites for hydroxylation is 1. The lowest BCUT2D eigenvalue weighted by molar-refractivity contribution is -0.157. The van der Waals surface area contributed by atoms with Crippen molar-refractivity contribution in [3.05, 3.63) is 29.6 Å². The van der Waals surface area contributed by atoms with E-state index in [2.05, 4.69) is 10.3 Å². The summed E-state index contributed by atoms with van der Waals surface area (Å²) in [6, 6.07) is 5.23. The minimum absolute atomic E-state index is 0.0581. The molecule has 0 saturated carbocycles. The molecule has 20 heavy (non-hydrogen) atoms. The molecule has 1 N–H and O–H groups in total. The Morgan fingerprint density at radius 1 is 1.40 bits per heavy atom. The summed E-state index contributed by atoms with van der Waals surface area (Å²) >= 11 is 0. The van der Waals surface area contributed by atoms with Crippen molar-refractivity contribution in [3.63, 3.8) is 0 Å². The van der Waals surface area contributed by atoms with Gasteiger partial charge in [-0.2, -0.15) is 0 Å². The molecular formula is C15H21N3O2. The molecule has 0 aromatic carbocycles. The van der Waals surface area contributed by atoms with Crippen LogP contribution >= 0.6 is 0 Å². The summed E-state index contributed by atoms with van der Waals surface area (Å²) < 4.78 is 0. The molecule has 0 bridgehead atoms. The number of carbonyl (C=O) groups is 2. The van der Waals surface area contributed by atoms with Gasteiger partial charge in [0, 0.05) is 5.69 Å². The molecule has 2 atom stereocenters. The predicted molar refractivity (Wildman–Crippen MR) is 75.8 cm³/mol. The van der Waals surface area contributed by atoms with Crippen LogP contribution in [-0.4, -0.2) is 33.3 Å². The molecule has 1 aliphatic heterocycles. The lowest BCUT2D eigenvalue weighted by Gasteiger charge is -2.45. The summed E-state index contributed by atoms with van der Waals surface area (Å²) in [6.45, 7) is 7.71. The normalized spacial score (nSPS) is 26.6. The van der Waals surface area contributed by atoms with Crippen LogP contribution in [-0.2, 0) is 16.1 Å². The van der Waals surface area contributed by atoms with Crippen molar-refractivity contribution in [2.75, 3.05) is 0 Å². The second-order valence-corrected chi connectivity index (χ2v) is 5.52. The first-order valence-corrected chi connectivity index (χ1v) is 6.93. The molecule has 0 spiro atoms. The lowest BCUT2D eigenvalue weighted by atomic mass is 9.90. The fraction of sp³-hybridized carbons (Fsp3) is 0.533. The van der Waals surface area contributed by atoms with E-state index >= 15 is 0 Å². The van der Waals surface area contributed by atoms with Crippen molar-refractivity contribution in [2.45, 2.75) is 52.2 Å². The van der Waals surface area contributed by atoms with Gasteiger partial charge < -0.3 is 10.2 Å². The van der Waals surface area contributed by atoms with E-state index < -0.39 is 11.6 Å². The highest BCUT2D eigenvalue weighted by molar-refractivity contribution is 5.99. The number of aromatic nitrogens is 1. The maximum atomic E-state index is 12.4. The number of nitrogens with zero attached hydrogens (tertiary/aromatic N) is 2. The molecule has 5 nitrogen and oxygen atoms in total. The Morgan fingerprint density at radius 3 is 2.70 bits per heavy atom. The van der Waals surface area contributed by atoms with Crippen LogP contribution in [0.2, 0.25) is 0 Å². The summed E-state index contributed by atoms with van der Waals surface area (Å²) in [5.41, 5.74) is 0.900. The highest BCUT2D eigenvalue weighted by Gasteiger charge is 2.46. The molecule has 1 saturated heterocycles. The minimum atomic E-state index is -0.810. The molecule has 0 radical (unpaired) electrons. The van der Waals surface area contributed by atoms with Crippen molar-refractivity contribution >= 4 is 11.8 Å². The largest absolute Gasteiger partial charge is 0.343 e. The Morgan fingerprint density at radius 2 is 2.10 bits per heavy atom. The van der Waals surface area contributed by atoms with Gasteiger partial charge in [0.1, 0.15) is 11.6 Å². The van der Waals surface area contributed by atoms with E-state index in [-0.39, 0.29) is 11.8 Å². The number of rotatable bonds is 3. The first kappa shape index (κ1) is 14.5. The van der Waals surface area contributed by atoms with Gasteiger partial charge in [0.2, 0.25) is 11.8 Å². The van der Waals surface area contributed by atoms with Crippen molar-refractivity contribution in [3.8, 4) is 0 Å². The van der Waals surface area contributed by atoms with E-state index in [0.29, 0.717) is 13.0 Å². The second-order valence-electron chi connectivity index (χ2n) is 5.52. The molecule has 1 fully saturated rings. The fourth-order valence-electron chi connectivity index (χ4n) is 2.47. The Bertz CT molecular complexity index is 544. The lowest BCUT2D eigenvalue weighted by Crippen LogP contribution is -2.68. The molecule has 1 aromatic rings. The summed E-state index contributed by atoms with van der Waals surface area (Å²) in [4.78, 5) is 30.7. The van der Waals surface area contributed by atoms with Crippen molar-refractivity contribution in [2.24, 2.45) is 0 Å². The quantitative estimate of drug-likeness (QED) is 0.907. The molecule has 0 aliphatic carbocycles. The molecule has 2 unspecified atom stereocenters. The van der Waals surface area contributed by atoms with Crippen molar-refractivity contribution < 1.29 is 9.59 Å². The smallest absolute Gasteiger partial charge is 0.246 e. The van der Waals surface area contributed by atoms with Gasteiger partial charge in [0.05, 0.1) is 12.2 Å². The number of pyridine rings is 1. The maximum absolute atomic E-state index is 12.4. The highest BCUT2D eigenvalue weighted by atomic mass is 16.2. The standard InChI is InChI=1S/C15H21N3O2/c1-5-15(4)14(20)17-11(3)13(19)18(15)9-12-8-6-7-10(2)16-12/h6-8,11H,5,9H2,1-4H3,(H,17,20). The van der Waals surface area contributed by atoms with Gasteiger partial charge >= 0.3 is 0 Å². The third kappa shape index (κ3) is 2.40. The van der Waals surface area contributed by atoms with E-state index in [4.69, 9.17) is 0 Å². The van der Waals surface area contributed by atoms with Gasteiger partial charge in [-0.25, -0.2) is 0 Å². The Kier molecular flexibility index (Phi) is 3.79. The number of carbonyl (C=O) groups excluding carboxylic acids is 2. The van der Waals surface area contributed by atoms with E-state index in [1.54, 1.807) is 11.8 Å². The molecule has 1 aliphatic rings. The van der Waals surface area contributed by atoms with Gasteiger partial charge in [-0.1, -0.05) is 13.0 Å². The van der Waals surface area contributed by atoms with Crippen molar-refractivity contribution in [1.29, 1.82) is 0 Å². The zero-order valence-corrected chi connectivity index (χ0v) is 12.4. The molecule has 2 rings (SSSR count). The molecule has 5 heteroatoms. The first-order chi connectivity index (χ1) is 9.38. The summed E-state index contributed by atoms with van der Waals surface area (Å²) in [5, 5.41) is 2.75. The Labute approximate surface area is 119 Å². The first-order valence-electron chi connectivity index (χ1n) is 6.93. The monoisotopic (exact) mass is 275 g/mol. The zero-order chi connectivity index (χ0) is 14.9. The average molecular weight is 275 g/mol. The molecule has 1 aromatic heterocycles. The Balaban J connectivity index is 2.34. The highest BCUT2D eigenvalue weighted by Crippen LogP contribution is 2.26. The Hall–Kier alpha value is -1.91. The molecule has 108 valence electrons. The third-order valence-corrected chi connectivity index (χ3v) is 4.02. The van der Waals surface area contributed by atoms with Crippen LogP contribution in [0.4, 0.5) is 0 Å². The van der Waals surface area contributed by atoms with E-state index in [9.17, 15) is 9.59 Å². The van der Waals surface area contributed by atoms with E-state index in [1.165, 1.54) is 0 Å². The zero-order valence-electron chi connectivity index (χ0n) is 12.4. The van der Waals surface area contributed by atoms with Crippen LogP contribution in [0.5, 0.6) is 0 Å². The fourth-order valence-corrected chi connectivity index (χ4v) is 2.47. The van der Waals surface area contributed by atoms with E-state index in [1.807, 2.05) is 39.0 Å². The van der Waals surface area contributed by atoms with E-state index in [0.717, 1.165) is 11.4 Å². The second kappa shape index (κ2) is 5.23. The van der Waals surface area contributed by atoms with Gasteiger partial charge in [-0.3, -0.25) is 14.6 Å². The van der Waals surface area contributed by atoms with Crippen LogP contribution in [0.25, 0.3) is 0 Å². The minimum Gasteiger partial charge on any atom is -0.343 e. The number of piperazine rings is 1. The number of hydrogen-bond acceptors (Lipinski definition) is 3. The topological polar surface area (TPSA) is 62.3 Å². The third-order valence-electron chi connectivity index (χ3n) is 4.02. The van der Waals surface area contributed by atoms with Gasteiger partial charge in [-0.05, 0) is 39.3 Å². The van der Waals surface area contributed by atoms with Crippen LogP contribution in [0, 0.1) is 6.92 Å². The summed E-state index contributed by atoms with van der Waals surface area (Å²) in [7, 11) is 0. The number of hydrogen-bond donors (Lipinski definition) is 1. The number of nitrogens with one attached hydrogen (secondary N) is 1. The van der Waals surface area contributed by atoms with Gasteiger partial charge in [-0.15, -0.1) is 0 Å². The summed E-state index contributed by atoms with van der Waals surface area (Å²) in [6.07, 6.45) is 0.573. The van der Waals surface area contributed by atoms with Gasteiger partial charge in [0.25, 0.3) is 0 Å². The number of amides is 2. The maximum Gasteiger partial charge on any atom is 0.246 e. The van der Waals surface area contributed by atoms with Crippen LogP contribution in [0.1, 0.15) is 38.6 Å².